The number of aryl methyl sites for hydroxylation is 2. The van der Waals surface area contributed by atoms with E-state index < -0.39 is 0 Å². The van der Waals surface area contributed by atoms with Crippen molar-refractivity contribution >= 4 is 11.7 Å². The molecule has 0 aliphatic carbocycles. The number of carbonyl (C=O) groups excluding carboxylic acids is 1. The number of hydrogen-bond acceptors (Lipinski definition) is 4. The fourth-order valence-electron chi connectivity index (χ4n) is 2.48. The number of nitrogens with zero attached hydrogens (tertiary/aromatic N) is 2. The van der Waals surface area contributed by atoms with Crippen molar-refractivity contribution in [2.45, 2.75) is 26.9 Å². The molecule has 0 bridgehead atoms. The van der Waals surface area contributed by atoms with Crippen molar-refractivity contribution in [3.63, 3.8) is 0 Å². The summed E-state index contributed by atoms with van der Waals surface area (Å²) in [5.74, 6) is 1.52. The second-order valence-electron chi connectivity index (χ2n) is 5.41. The largest absolute Gasteiger partial charge is 0.444 e. The van der Waals surface area contributed by atoms with Crippen molar-refractivity contribution < 1.29 is 9.21 Å². The number of oxazole rings is 1. The number of nitrogens with one attached hydrogen (secondary N) is 2. The zero-order valence-electron chi connectivity index (χ0n) is 12.8. The van der Waals surface area contributed by atoms with Gasteiger partial charge in [0, 0.05) is 25.3 Å². The Balaban J connectivity index is 1.69. The maximum absolute atomic E-state index is 11.7. The third-order valence-electron chi connectivity index (χ3n) is 3.83. The number of hydrogen-bond donors (Lipinski definition) is 2. The van der Waals surface area contributed by atoms with E-state index in [1.807, 2.05) is 38.1 Å². The molecule has 0 radical (unpaired) electrons. The monoisotopic (exact) mass is 300 g/mol. The topological polar surface area (TPSA) is 70.4 Å². The summed E-state index contributed by atoms with van der Waals surface area (Å²) in [6.45, 7) is 6.42. The van der Waals surface area contributed by atoms with Crippen molar-refractivity contribution in [1.82, 2.24) is 15.2 Å². The normalized spacial score (nSPS) is 14.3. The van der Waals surface area contributed by atoms with Crippen LogP contribution in [0.3, 0.4) is 0 Å². The molecule has 1 saturated heterocycles. The first-order chi connectivity index (χ1) is 10.6. The molecule has 22 heavy (non-hydrogen) atoms. The van der Waals surface area contributed by atoms with E-state index in [9.17, 15) is 4.79 Å². The molecule has 1 aliphatic rings. The third kappa shape index (κ3) is 3.05. The molecule has 0 spiro atoms. The van der Waals surface area contributed by atoms with E-state index in [1.165, 1.54) is 0 Å². The summed E-state index contributed by atoms with van der Waals surface area (Å²) < 4.78 is 5.58. The predicted octanol–water partition coefficient (Wildman–Crippen LogP) is 2.43. The molecule has 2 N–H and O–H groups in total. The minimum Gasteiger partial charge on any atom is -0.444 e. The van der Waals surface area contributed by atoms with E-state index in [0.29, 0.717) is 25.5 Å². The van der Waals surface area contributed by atoms with Gasteiger partial charge in [-0.15, -0.1) is 0 Å². The average Bonchev–Trinajstić information content (AvgIpc) is 3.05. The summed E-state index contributed by atoms with van der Waals surface area (Å²) in [5, 5.41) is 6.16. The zero-order chi connectivity index (χ0) is 15.5. The highest BCUT2D eigenvalue weighted by molar-refractivity contribution is 5.76. The highest BCUT2D eigenvalue weighted by Gasteiger charge is 2.20. The van der Waals surface area contributed by atoms with Crippen molar-refractivity contribution in [3.8, 4) is 0 Å². The molecule has 1 aromatic carbocycles. The first-order valence-corrected chi connectivity index (χ1v) is 7.41. The average molecular weight is 300 g/mol. The minimum absolute atomic E-state index is 0.00578. The van der Waals surface area contributed by atoms with Crippen LogP contribution < -0.4 is 10.6 Å². The first kappa shape index (κ1) is 14.4. The Labute approximate surface area is 129 Å². The number of anilines is 1. The highest BCUT2D eigenvalue weighted by Crippen LogP contribution is 2.19. The van der Waals surface area contributed by atoms with Crippen LogP contribution >= 0.6 is 0 Å². The van der Waals surface area contributed by atoms with E-state index in [-0.39, 0.29) is 6.03 Å². The molecule has 2 heterocycles. The Morgan fingerprint density at radius 3 is 2.86 bits per heavy atom. The SMILES string of the molecule is Cc1nc(CNc2ccccc2CN2CCNC2=O)oc1C. The van der Waals surface area contributed by atoms with Gasteiger partial charge in [-0.25, -0.2) is 9.78 Å². The molecule has 0 saturated carbocycles. The molecular weight excluding hydrogens is 280 g/mol. The lowest BCUT2D eigenvalue weighted by Gasteiger charge is -2.17. The van der Waals surface area contributed by atoms with Crippen molar-refractivity contribution in [2.75, 3.05) is 18.4 Å². The Morgan fingerprint density at radius 2 is 2.18 bits per heavy atom. The Kier molecular flexibility index (Phi) is 4.00. The molecule has 2 aromatic rings. The lowest BCUT2D eigenvalue weighted by molar-refractivity contribution is 0.215. The van der Waals surface area contributed by atoms with Gasteiger partial charge in [0.15, 0.2) is 0 Å². The molecule has 6 heteroatoms. The van der Waals surface area contributed by atoms with E-state index in [0.717, 1.165) is 29.2 Å². The van der Waals surface area contributed by atoms with E-state index in [4.69, 9.17) is 4.42 Å². The number of amides is 2. The molecule has 2 amide bonds. The van der Waals surface area contributed by atoms with Crippen LogP contribution in [-0.4, -0.2) is 29.0 Å². The van der Waals surface area contributed by atoms with Gasteiger partial charge in [-0.2, -0.15) is 0 Å². The molecule has 1 aliphatic heterocycles. The van der Waals surface area contributed by atoms with Crippen LogP contribution in [0, 0.1) is 13.8 Å². The van der Waals surface area contributed by atoms with Gasteiger partial charge in [0.25, 0.3) is 0 Å². The summed E-state index contributed by atoms with van der Waals surface area (Å²) >= 11 is 0. The standard InChI is InChI=1S/C16H20N4O2/c1-11-12(2)22-15(19-11)9-18-14-6-4-3-5-13(14)10-20-8-7-17-16(20)21/h3-6,18H,7-10H2,1-2H3,(H,17,21). The van der Waals surface area contributed by atoms with Crippen LogP contribution in [0.2, 0.25) is 0 Å². The number of carbonyl (C=O) groups is 1. The Hall–Kier alpha value is -2.50. The number of benzene rings is 1. The summed E-state index contributed by atoms with van der Waals surface area (Å²) in [5.41, 5.74) is 2.99. The van der Waals surface area contributed by atoms with Gasteiger partial charge < -0.3 is 20.0 Å². The number of aromatic nitrogens is 1. The number of urea groups is 1. The van der Waals surface area contributed by atoms with E-state index in [2.05, 4.69) is 15.6 Å². The molecule has 1 fully saturated rings. The maximum Gasteiger partial charge on any atom is 0.317 e. The van der Waals surface area contributed by atoms with Crippen molar-refractivity contribution in [3.05, 3.63) is 47.2 Å². The third-order valence-corrected chi connectivity index (χ3v) is 3.83. The Morgan fingerprint density at radius 1 is 1.36 bits per heavy atom. The van der Waals surface area contributed by atoms with Gasteiger partial charge in [-0.3, -0.25) is 0 Å². The lowest BCUT2D eigenvalue weighted by Crippen LogP contribution is -2.27. The van der Waals surface area contributed by atoms with Gasteiger partial charge >= 0.3 is 6.03 Å². The van der Waals surface area contributed by atoms with Crippen LogP contribution in [0.5, 0.6) is 0 Å². The number of rotatable bonds is 5. The van der Waals surface area contributed by atoms with Crippen LogP contribution in [0.4, 0.5) is 10.5 Å². The fraction of sp³-hybridized carbons (Fsp3) is 0.375. The summed E-state index contributed by atoms with van der Waals surface area (Å²) in [4.78, 5) is 17.9. The molecule has 116 valence electrons. The van der Waals surface area contributed by atoms with Gasteiger partial charge in [-0.1, -0.05) is 18.2 Å². The molecule has 3 rings (SSSR count). The second kappa shape index (κ2) is 6.09. The lowest BCUT2D eigenvalue weighted by atomic mass is 10.1. The van der Waals surface area contributed by atoms with E-state index in [1.54, 1.807) is 4.90 Å². The second-order valence-corrected chi connectivity index (χ2v) is 5.41. The number of para-hydroxylation sites is 1. The van der Waals surface area contributed by atoms with Gasteiger partial charge in [-0.05, 0) is 25.5 Å². The molecule has 1 aromatic heterocycles. The van der Waals surface area contributed by atoms with Gasteiger partial charge in [0.05, 0.1) is 12.2 Å². The zero-order valence-corrected chi connectivity index (χ0v) is 12.8. The van der Waals surface area contributed by atoms with Crippen molar-refractivity contribution in [1.29, 1.82) is 0 Å². The van der Waals surface area contributed by atoms with Gasteiger partial charge in [0.1, 0.15) is 5.76 Å². The molecule has 6 nitrogen and oxygen atoms in total. The Bertz CT molecular complexity index is 661. The molecule has 0 unspecified atom stereocenters. The quantitative estimate of drug-likeness (QED) is 0.889. The van der Waals surface area contributed by atoms with Gasteiger partial charge in [0.2, 0.25) is 5.89 Å². The minimum atomic E-state index is -0.00578. The maximum atomic E-state index is 11.7. The van der Waals surface area contributed by atoms with Crippen molar-refractivity contribution in [2.24, 2.45) is 0 Å². The molecule has 0 atom stereocenters. The summed E-state index contributed by atoms with van der Waals surface area (Å²) in [6, 6.07) is 7.98. The highest BCUT2D eigenvalue weighted by atomic mass is 16.4. The van der Waals surface area contributed by atoms with Crippen LogP contribution in [0.15, 0.2) is 28.7 Å². The predicted molar refractivity (Wildman–Crippen MR) is 83.6 cm³/mol. The summed E-state index contributed by atoms with van der Waals surface area (Å²) in [7, 11) is 0. The first-order valence-electron chi connectivity index (χ1n) is 7.41. The molecular formula is C16H20N4O2. The van der Waals surface area contributed by atoms with E-state index >= 15 is 0 Å². The fourth-order valence-corrected chi connectivity index (χ4v) is 2.48. The summed E-state index contributed by atoms with van der Waals surface area (Å²) in [6.07, 6.45) is 0. The van der Waals surface area contributed by atoms with Crippen LogP contribution in [0.25, 0.3) is 0 Å². The van der Waals surface area contributed by atoms with Crippen LogP contribution in [0.1, 0.15) is 22.9 Å². The van der Waals surface area contributed by atoms with Crippen LogP contribution in [-0.2, 0) is 13.1 Å². The smallest absolute Gasteiger partial charge is 0.317 e.